The Labute approximate surface area is 57.6 Å². The first-order valence-corrected chi connectivity index (χ1v) is 4.11. The number of rotatable bonds is 0. The highest BCUT2D eigenvalue weighted by atomic mass is 14.6. The van der Waals surface area contributed by atoms with E-state index in [0.29, 0.717) is 5.41 Å². The highest BCUT2D eigenvalue weighted by Gasteiger charge is 2.54. The van der Waals surface area contributed by atoms with E-state index in [9.17, 15) is 0 Å². The maximum atomic E-state index is 2.43. The summed E-state index contributed by atoms with van der Waals surface area (Å²) in [4.78, 5) is 0. The van der Waals surface area contributed by atoms with Crippen LogP contribution in [0.1, 0.15) is 33.6 Å². The zero-order valence-electron chi connectivity index (χ0n) is 6.65. The van der Waals surface area contributed by atoms with Crippen molar-refractivity contribution in [1.82, 2.24) is 0 Å². The molecule has 9 heavy (non-hydrogen) atoms. The normalized spacial score (nSPS) is 53.0. The van der Waals surface area contributed by atoms with Crippen LogP contribution in [-0.2, 0) is 0 Å². The molecule has 2 saturated carbocycles. The van der Waals surface area contributed by atoms with Gasteiger partial charge in [-0.1, -0.05) is 20.8 Å². The summed E-state index contributed by atoms with van der Waals surface area (Å²) < 4.78 is 0. The van der Waals surface area contributed by atoms with Crippen LogP contribution in [0.25, 0.3) is 0 Å². The molecule has 52 valence electrons. The van der Waals surface area contributed by atoms with Crippen LogP contribution in [0.15, 0.2) is 0 Å². The number of hydrogen-bond acceptors (Lipinski definition) is 0. The van der Waals surface area contributed by atoms with Crippen LogP contribution in [-0.4, -0.2) is 0 Å². The zero-order chi connectivity index (χ0) is 6.65. The van der Waals surface area contributed by atoms with Crippen LogP contribution >= 0.6 is 0 Å². The minimum Gasteiger partial charge on any atom is -0.0617 e. The van der Waals surface area contributed by atoms with Gasteiger partial charge in [0.15, 0.2) is 0 Å². The van der Waals surface area contributed by atoms with E-state index in [1.807, 2.05) is 0 Å². The van der Waals surface area contributed by atoms with Gasteiger partial charge in [-0.3, -0.25) is 0 Å². The highest BCUT2D eigenvalue weighted by Crippen LogP contribution is 2.62. The van der Waals surface area contributed by atoms with Crippen molar-refractivity contribution in [3.63, 3.8) is 0 Å². The summed E-state index contributed by atoms with van der Waals surface area (Å²) >= 11 is 0. The molecule has 0 aliphatic heterocycles. The van der Waals surface area contributed by atoms with Gasteiger partial charge in [0.05, 0.1) is 0 Å². The first-order chi connectivity index (χ1) is 4.11. The van der Waals surface area contributed by atoms with E-state index in [1.165, 1.54) is 6.42 Å². The van der Waals surface area contributed by atoms with Crippen molar-refractivity contribution in [2.45, 2.75) is 33.6 Å². The van der Waals surface area contributed by atoms with Gasteiger partial charge in [-0.2, -0.15) is 0 Å². The van der Waals surface area contributed by atoms with Crippen LogP contribution < -0.4 is 0 Å². The predicted molar refractivity (Wildman–Crippen MR) is 39.2 cm³/mol. The maximum Gasteiger partial charge on any atom is -0.0323 e. The van der Waals surface area contributed by atoms with Gasteiger partial charge in [0.1, 0.15) is 0 Å². The average Bonchev–Trinajstić information content (AvgIpc) is 2.39. The third-order valence-corrected chi connectivity index (χ3v) is 3.64. The van der Waals surface area contributed by atoms with Crippen LogP contribution in [0.5, 0.6) is 0 Å². The van der Waals surface area contributed by atoms with Crippen LogP contribution in [0.3, 0.4) is 0 Å². The van der Waals surface area contributed by atoms with Gasteiger partial charge < -0.3 is 0 Å². The lowest BCUT2D eigenvalue weighted by Gasteiger charge is -2.26. The molecule has 0 heterocycles. The van der Waals surface area contributed by atoms with Gasteiger partial charge in [-0.05, 0) is 36.0 Å². The van der Waals surface area contributed by atoms with Crippen molar-refractivity contribution in [3.8, 4) is 0 Å². The maximum absolute atomic E-state index is 2.43. The molecule has 0 N–H and O–H groups in total. The number of fused-ring (bicyclic) bond motifs is 1. The summed E-state index contributed by atoms with van der Waals surface area (Å²) in [7, 11) is 0. The van der Waals surface area contributed by atoms with Gasteiger partial charge in [0, 0.05) is 0 Å². The Kier molecular flexibility index (Phi) is 0.868. The van der Waals surface area contributed by atoms with Crippen molar-refractivity contribution in [3.05, 3.63) is 0 Å². The summed E-state index contributed by atoms with van der Waals surface area (Å²) in [6.45, 7) is 7.27. The Bertz CT molecular complexity index is 135. The molecule has 0 radical (unpaired) electrons. The second-order valence-corrected chi connectivity index (χ2v) is 4.64. The molecule has 0 aromatic carbocycles. The fraction of sp³-hybridized carbons (Fsp3) is 1.00. The molecule has 0 amide bonds. The smallest absolute Gasteiger partial charge is 0.0323 e. The minimum absolute atomic E-state index is 0.674. The van der Waals surface area contributed by atoms with Gasteiger partial charge >= 0.3 is 0 Å². The molecule has 0 nitrogen and oxygen atoms in total. The second kappa shape index (κ2) is 1.36. The van der Waals surface area contributed by atoms with Crippen LogP contribution in [0.4, 0.5) is 0 Å². The van der Waals surface area contributed by atoms with Gasteiger partial charge in [-0.15, -0.1) is 0 Å². The molecule has 0 saturated heterocycles. The monoisotopic (exact) mass is 124 g/mol. The molecule has 0 aromatic heterocycles. The Morgan fingerprint density at radius 3 is 2.22 bits per heavy atom. The molecular formula is C9H16. The Balaban J connectivity index is 2.16. The molecule has 0 heteroatoms. The Morgan fingerprint density at radius 2 is 2.00 bits per heavy atom. The Hall–Kier alpha value is 0. The first-order valence-electron chi connectivity index (χ1n) is 4.11. The van der Waals surface area contributed by atoms with Crippen molar-refractivity contribution in [2.75, 3.05) is 0 Å². The summed E-state index contributed by atoms with van der Waals surface area (Å²) in [5.74, 6) is 3.26. The summed E-state index contributed by atoms with van der Waals surface area (Å²) in [6, 6.07) is 0. The molecule has 3 unspecified atom stereocenters. The quantitative estimate of drug-likeness (QED) is 0.465. The van der Waals surface area contributed by atoms with Crippen molar-refractivity contribution < 1.29 is 0 Å². The van der Waals surface area contributed by atoms with E-state index in [4.69, 9.17) is 0 Å². The second-order valence-electron chi connectivity index (χ2n) is 4.64. The van der Waals surface area contributed by atoms with Gasteiger partial charge in [-0.25, -0.2) is 0 Å². The van der Waals surface area contributed by atoms with Crippen molar-refractivity contribution in [2.24, 2.45) is 23.2 Å². The molecular weight excluding hydrogens is 108 g/mol. The highest BCUT2D eigenvalue weighted by molar-refractivity contribution is 5.03. The lowest BCUT2D eigenvalue weighted by molar-refractivity contribution is 0.238. The molecule has 2 rings (SSSR count). The molecule has 3 atom stereocenters. The van der Waals surface area contributed by atoms with E-state index in [2.05, 4.69) is 20.8 Å². The van der Waals surface area contributed by atoms with Crippen LogP contribution in [0.2, 0.25) is 0 Å². The summed E-state index contributed by atoms with van der Waals surface area (Å²) in [6.07, 6.45) is 3.05. The Morgan fingerprint density at radius 1 is 1.33 bits per heavy atom. The zero-order valence-corrected chi connectivity index (χ0v) is 6.65. The first kappa shape index (κ1) is 5.76. The molecule has 0 spiro atoms. The molecule has 0 bridgehead atoms. The number of hydrogen-bond donors (Lipinski definition) is 0. The fourth-order valence-electron chi connectivity index (χ4n) is 2.56. The fourth-order valence-corrected chi connectivity index (χ4v) is 2.56. The van der Waals surface area contributed by atoms with Gasteiger partial charge in [0.2, 0.25) is 0 Å². The summed E-state index contributed by atoms with van der Waals surface area (Å²) in [5.41, 5.74) is 0.674. The van der Waals surface area contributed by atoms with Crippen molar-refractivity contribution in [1.29, 1.82) is 0 Å². The minimum atomic E-state index is 0.674. The third kappa shape index (κ3) is 0.653. The van der Waals surface area contributed by atoms with Gasteiger partial charge in [0.25, 0.3) is 0 Å². The van der Waals surface area contributed by atoms with Crippen molar-refractivity contribution >= 4 is 0 Å². The summed E-state index contributed by atoms with van der Waals surface area (Å²) in [5, 5.41) is 0. The molecule has 2 fully saturated rings. The lowest BCUT2D eigenvalue weighted by Crippen LogP contribution is -2.17. The SMILES string of the molecule is CC1C2CC2CC1(C)C. The largest absolute Gasteiger partial charge is 0.0617 e. The van der Waals surface area contributed by atoms with E-state index in [0.717, 1.165) is 17.8 Å². The average molecular weight is 124 g/mol. The van der Waals surface area contributed by atoms with E-state index < -0.39 is 0 Å². The predicted octanol–water partition coefficient (Wildman–Crippen LogP) is 2.69. The third-order valence-electron chi connectivity index (χ3n) is 3.64. The van der Waals surface area contributed by atoms with E-state index in [1.54, 1.807) is 6.42 Å². The topological polar surface area (TPSA) is 0 Å². The standard InChI is InChI=1S/C9H16/c1-6-8-4-7(8)5-9(6,2)3/h6-8H,4-5H2,1-3H3. The van der Waals surface area contributed by atoms with E-state index in [-0.39, 0.29) is 0 Å². The van der Waals surface area contributed by atoms with E-state index >= 15 is 0 Å². The molecule has 2 aliphatic rings. The lowest BCUT2D eigenvalue weighted by atomic mass is 9.79. The molecule has 0 aromatic rings. The molecule has 2 aliphatic carbocycles. The van der Waals surface area contributed by atoms with Crippen LogP contribution in [0, 0.1) is 23.2 Å².